The Morgan fingerprint density at radius 3 is 2.64 bits per heavy atom. The summed E-state index contributed by atoms with van der Waals surface area (Å²) in [7, 11) is 1.69. The standard InChI is InChI=1S/C7H16N2OS/c1-3-4-5-6-11-9(2)7(8)10/h3-6H2,1-2H3,(H2,8,10). The van der Waals surface area contributed by atoms with Crippen LogP contribution in [0.5, 0.6) is 0 Å². The van der Waals surface area contributed by atoms with Crippen molar-refractivity contribution in [2.24, 2.45) is 5.73 Å². The Kier molecular flexibility index (Phi) is 6.12. The molecule has 0 aromatic heterocycles. The maximum Gasteiger partial charge on any atom is 0.324 e. The SMILES string of the molecule is CCCCCSN(C)C(N)=O. The number of hydrogen-bond donors (Lipinski definition) is 1. The lowest BCUT2D eigenvalue weighted by Gasteiger charge is -2.11. The Bertz CT molecular complexity index is 119. The molecule has 0 aromatic carbocycles. The van der Waals surface area contributed by atoms with Crippen LogP contribution in [0.25, 0.3) is 0 Å². The lowest BCUT2D eigenvalue weighted by molar-refractivity contribution is 0.239. The van der Waals surface area contributed by atoms with Crippen LogP contribution in [0.4, 0.5) is 4.79 Å². The van der Waals surface area contributed by atoms with Crippen LogP contribution >= 0.6 is 11.9 Å². The zero-order chi connectivity index (χ0) is 8.69. The molecule has 0 aromatic rings. The molecule has 0 unspecified atom stereocenters. The number of unbranched alkanes of at least 4 members (excludes halogenated alkanes) is 2. The van der Waals surface area contributed by atoms with Crippen LogP contribution in [0, 0.1) is 0 Å². The summed E-state index contributed by atoms with van der Waals surface area (Å²) in [4.78, 5) is 10.5. The Hall–Kier alpha value is -0.380. The smallest absolute Gasteiger partial charge is 0.324 e. The summed E-state index contributed by atoms with van der Waals surface area (Å²) in [5, 5.41) is 0. The van der Waals surface area contributed by atoms with Gasteiger partial charge in [0.1, 0.15) is 0 Å². The highest BCUT2D eigenvalue weighted by molar-refractivity contribution is 7.97. The van der Waals surface area contributed by atoms with E-state index in [9.17, 15) is 4.79 Å². The summed E-state index contributed by atoms with van der Waals surface area (Å²) in [6.07, 6.45) is 3.58. The van der Waals surface area contributed by atoms with E-state index >= 15 is 0 Å². The number of nitrogens with two attached hydrogens (primary N) is 1. The molecule has 66 valence electrons. The average molecular weight is 176 g/mol. The second kappa shape index (κ2) is 6.34. The van der Waals surface area contributed by atoms with Gasteiger partial charge in [0.25, 0.3) is 0 Å². The van der Waals surface area contributed by atoms with Gasteiger partial charge in [-0.25, -0.2) is 4.79 Å². The Morgan fingerprint density at radius 1 is 1.55 bits per heavy atom. The first-order valence-corrected chi connectivity index (χ1v) is 4.78. The molecule has 0 rings (SSSR count). The van der Waals surface area contributed by atoms with Gasteiger partial charge >= 0.3 is 6.03 Å². The number of carbonyl (C=O) groups excluding carboxylic acids is 1. The first-order chi connectivity index (χ1) is 5.18. The molecule has 0 aliphatic heterocycles. The number of nitrogens with zero attached hydrogens (tertiary/aromatic N) is 1. The molecular formula is C7H16N2OS. The van der Waals surface area contributed by atoms with Crippen molar-refractivity contribution in [3.05, 3.63) is 0 Å². The summed E-state index contributed by atoms with van der Waals surface area (Å²) in [6.45, 7) is 2.16. The van der Waals surface area contributed by atoms with Crippen LogP contribution in [0.2, 0.25) is 0 Å². The molecule has 0 bridgehead atoms. The van der Waals surface area contributed by atoms with Gasteiger partial charge < -0.3 is 5.73 Å². The van der Waals surface area contributed by atoms with Gasteiger partial charge in [-0.3, -0.25) is 4.31 Å². The van der Waals surface area contributed by atoms with Crippen molar-refractivity contribution in [1.82, 2.24) is 4.31 Å². The highest BCUT2D eigenvalue weighted by Crippen LogP contribution is 2.09. The van der Waals surface area contributed by atoms with Gasteiger partial charge in [-0.2, -0.15) is 0 Å². The number of carbonyl (C=O) groups is 1. The van der Waals surface area contributed by atoms with Gasteiger partial charge in [-0.15, -0.1) is 0 Å². The third kappa shape index (κ3) is 6.04. The predicted octanol–water partition coefficient (Wildman–Crippen LogP) is 1.84. The maximum atomic E-state index is 10.5. The Labute approximate surface area is 72.4 Å². The van der Waals surface area contributed by atoms with E-state index in [1.165, 1.54) is 29.1 Å². The lowest BCUT2D eigenvalue weighted by atomic mass is 10.3. The molecule has 0 atom stereocenters. The molecule has 0 radical (unpaired) electrons. The molecule has 0 aliphatic rings. The van der Waals surface area contributed by atoms with Gasteiger partial charge in [-0.1, -0.05) is 19.8 Å². The quantitative estimate of drug-likeness (QED) is 0.513. The monoisotopic (exact) mass is 176 g/mol. The zero-order valence-electron chi connectivity index (χ0n) is 7.17. The van der Waals surface area contributed by atoms with Gasteiger partial charge in [0.2, 0.25) is 0 Å². The summed E-state index contributed by atoms with van der Waals surface area (Å²) in [5.41, 5.74) is 5.02. The van der Waals surface area contributed by atoms with Gasteiger partial charge in [0.15, 0.2) is 0 Å². The molecule has 2 N–H and O–H groups in total. The van der Waals surface area contributed by atoms with Crippen LogP contribution in [-0.4, -0.2) is 23.1 Å². The molecule has 0 aliphatic carbocycles. The van der Waals surface area contributed by atoms with Gasteiger partial charge in [0, 0.05) is 12.8 Å². The van der Waals surface area contributed by atoms with Gasteiger partial charge in [0.05, 0.1) is 0 Å². The summed E-state index contributed by atoms with van der Waals surface area (Å²) in [5.74, 6) is 0.979. The minimum Gasteiger partial charge on any atom is -0.351 e. The number of amides is 2. The van der Waals surface area contributed by atoms with Crippen LogP contribution in [0.15, 0.2) is 0 Å². The fourth-order valence-electron chi connectivity index (χ4n) is 0.617. The Morgan fingerprint density at radius 2 is 2.18 bits per heavy atom. The molecule has 0 saturated heterocycles. The highest BCUT2D eigenvalue weighted by Gasteiger charge is 2.01. The topological polar surface area (TPSA) is 46.3 Å². The van der Waals surface area contributed by atoms with Crippen molar-refractivity contribution in [3.8, 4) is 0 Å². The van der Waals surface area contributed by atoms with E-state index in [0.717, 1.165) is 12.2 Å². The van der Waals surface area contributed by atoms with Crippen molar-refractivity contribution >= 4 is 18.0 Å². The van der Waals surface area contributed by atoms with Crippen LogP contribution < -0.4 is 5.73 Å². The van der Waals surface area contributed by atoms with Crippen molar-refractivity contribution in [2.75, 3.05) is 12.8 Å². The fourth-order valence-corrected chi connectivity index (χ4v) is 1.35. The first-order valence-electron chi connectivity index (χ1n) is 3.84. The van der Waals surface area contributed by atoms with Crippen LogP contribution in [-0.2, 0) is 0 Å². The second-order valence-electron chi connectivity index (χ2n) is 2.38. The minimum atomic E-state index is -0.369. The van der Waals surface area contributed by atoms with Crippen molar-refractivity contribution in [3.63, 3.8) is 0 Å². The van der Waals surface area contributed by atoms with Crippen LogP contribution in [0.1, 0.15) is 26.2 Å². The largest absolute Gasteiger partial charge is 0.351 e. The number of urea groups is 1. The highest BCUT2D eigenvalue weighted by atomic mass is 32.2. The normalized spacial score (nSPS) is 9.64. The van der Waals surface area contributed by atoms with E-state index < -0.39 is 0 Å². The van der Waals surface area contributed by atoms with E-state index in [0.29, 0.717) is 0 Å². The Balaban J connectivity index is 3.17. The molecule has 4 heteroatoms. The third-order valence-electron chi connectivity index (χ3n) is 1.34. The van der Waals surface area contributed by atoms with E-state index in [2.05, 4.69) is 6.92 Å². The van der Waals surface area contributed by atoms with Crippen LogP contribution in [0.3, 0.4) is 0 Å². The fraction of sp³-hybridized carbons (Fsp3) is 0.857. The zero-order valence-corrected chi connectivity index (χ0v) is 7.99. The summed E-state index contributed by atoms with van der Waals surface area (Å²) in [6, 6.07) is -0.369. The molecule has 0 fully saturated rings. The summed E-state index contributed by atoms with van der Waals surface area (Å²) < 4.78 is 1.47. The number of hydrogen-bond acceptors (Lipinski definition) is 2. The molecule has 0 saturated carbocycles. The maximum absolute atomic E-state index is 10.5. The molecule has 0 heterocycles. The van der Waals surface area contributed by atoms with E-state index in [-0.39, 0.29) is 6.03 Å². The lowest BCUT2D eigenvalue weighted by Crippen LogP contribution is -2.26. The van der Waals surface area contributed by atoms with E-state index in [4.69, 9.17) is 5.73 Å². The molecule has 3 nitrogen and oxygen atoms in total. The second-order valence-corrected chi connectivity index (χ2v) is 3.59. The summed E-state index contributed by atoms with van der Waals surface area (Å²) >= 11 is 1.48. The molecule has 2 amide bonds. The van der Waals surface area contributed by atoms with Gasteiger partial charge in [-0.05, 0) is 18.4 Å². The number of primary amides is 1. The van der Waals surface area contributed by atoms with Crippen molar-refractivity contribution in [1.29, 1.82) is 0 Å². The first kappa shape index (κ1) is 10.6. The minimum absolute atomic E-state index is 0.369. The van der Waals surface area contributed by atoms with E-state index in [1.54, 1.807) is 7.05 Å². The number of rotatable bonds is 5. The molecular weight excluding hydrogens is 160 g/mol. The molecule has 0 spiro atoms. The molecule has 11 heavy (non-hydrogen) atoms. The third-order valence-corrected chi connectivity index (χ3v) is 2.38. The predicted molar refractivity (Wildman–Crippen MR) is 49.3 cm³/mol. The average Bonchev–Trinajstić information content (AvgIpc) is 1.97. The van der Waals surface area contributed by atoms with Crippen molar-refractivity contribution in [2.45, 2.75) is 26.2 Å². The van der Waals surface area contributed by atoms with Crippen molar-refractivity contribution < 1.29 is 4.79 Å². The van der Waals surface area contributed by atoms with E-state index in [1.807, 2.05) is 0 Å².